The first-order chi connectivity index (χ1) is 12.2. The molecule has 0 spiro atoms. The van der Waals surface area contributed by atoms with E-state index in [1.807, 2.05) is 12.3 Å². The van der Waals surface area contributed by atoms with Gasteiger partial charge in [0.1, 0.15) is 0 Å². The Balaban J connectivity index is 1.34. The number of fused-ring (bicyclic) bond motifs is 2. The van der Waals surface area contributed by atoms with Gasteiger partial charge in [-0.25, -0.2) is 0 Å². The molecule has 5 nitrogen and oxygen atoms in total. The minimum Gasteiger partial charge on any atom is -0.352 e. The minimum absolute atomic E-state index is 0.172. The zero-order valence-corrected chi connectivity index (χ0v) is 15.2. The highest BCUT2D eigenvalue weighted by atomic mass is 16.2. The molecule has 1 aromatic rings. The first kappa shape index (κ1) is 17.0. The second-order valence-electron chi connectivity index (χ2n) is 8.17. The van der Waals surface area contributed by atoms with Gasteiger partial charge >= 0.3 is 0 Å². The first-order valence-corrected chi connectivity index (χ1v) is 9.84. The lowest BCUT2D eigenvalue weighted by atomic mass is 9.84. The quantitative estimate of drug-likeness (QED) is 0.859. The highest BCUT2D eigenvalue weighted by Crippen LogP contribution is 2.49. The van der Waals surface area contributed by atoms with Crippen LogP contribution in [0.15, 0.2) is 24.5 Å². The van der Waals surface area contributed by atoms with E-state index >= 15 is 0 Å². The number of amides is 1. The van der Waals surface area contributed by atoms with E-state index in [0.29, 0.717) is 18.5 Å². The fourth-order valence-electron chi connectivity index (χ4n) is 5.33. The molecule has 5 heteroatoms. The fourth-order valence-corrected chi connectivity index (χ4v) is 5.33. The van der Waals surface area contributed by atoms with Crippen molar-refractivity contribution in [2.24, 2.45) is 17.8 Å². The lowest BCUT2D eigenvalue weighted by molar-refractivity contribution is -0.124. The van der Waals surface area contributed by atoms with Crippen molar-refractivity contribution in [1.29, 1.82) is 0 Å². The average molecular weight is 342 g/mol. The molecule has 5 atom stereocenters. The van der Waals surface area contributed by atoms with Crippen molar-refractivity contribution in [3.05, 3.63) is 30.1 Å². The van der Waals surface area contributed by atoms with E-state index in [9.17, 15) is 4.79 Å². The summed E-state index contributed by atoms with van der Waals surface area (Å²) in [6, 6.07) is 4.61. The average Bonchev–Trinajstić information content (AvgIpc) is 3.26. The summed E-state index contributed by atoms with van der Waals surface area (Å²) < 4.78 is 0. The van der Waals surface area contributed by atoms with E-state index in [1.165, 1.54) is 31.2 Å². The van der Waals surface area contributed by atoms with Crippen LogP contribution >= 0.6 is 0 Å². The molecule has 5 unspecified atom stereocenters. The zero-order valence-electron chi connectivity index (χ0n) is 15.2. The summed E-state index contributed by atoms with van der Waals surface area (Å²) in [5.74, 6) is 2.64. The Morgan fingerprint density at radius 1 is 1.44 bits per heavy atom. The summed E-state index contributed by atoms with van der Waals surface area (Å²) in [7, 11) is 0. The maximum absolute atomic E-state index is 12.7. The third-order valence-corrected chi connectivity index (χ3v) is 6.59. The van der Waals surface area contributed by atoms with Gasteiger partial charge in [-0.3, -0.25) is 14.7 Å². The summed E-state index contributed by atoms with van der Waals surface area (Å²) >= 11 is 0. The van der Waals surface area contributed by atoms with Gasteiger partial charge < -0.3 is 10.6 Å². The number of rotatable bonds is 5. The van der Waals surface area contributed by atoms with Gasteiger partial charge in [0.15, 0.2) is 0 Å². The number of nitrogens with zero attached hydrogens (tertiary/aromatic N) is 2. The van der Waals surface area contributed by atoms with E-state index in [0.717, 1.165) is 31.5 Å². The molecule has 0 aromatic carbocycles. The van der Waals surface area contributed by atoms with E-state index in [4.69, 9.17) is 0 Å². The second-order valence-corrected chi connectivity index (χ2v) is 8.17. The Bertz CT molecular complexity index is 593. The van der Waals surface area contributed by atoms with Crippen molar-refractivity contribution < 1.29 is 4.79 Å². The number of hydrogen-bond donors (Lipinski definition) is 2. The largest absolute Gasteiger partial charge is 0.352 e. The minimum atomic E-state index is 0.172. The second kappa shape index (κ2) is 7.42. The lowest BCUT2D eigenvalue weighted by Crippen LogP contribution is -2.51. The van der Waals surface area contributed by atoms with E-state index in [-0.39, 0.29) is 11.9 Å². The summed E-state index contributed by atoms with van der Waals surface area (Å²) in [6.45, 7) is 5.40. The van der Waals surface area contributed by atoms with Crippen LogP contribution < -0.4 is 10.6 Å². The van der Waals surface area contributed by atoms with Crippen LogP contribution in [0.25, 0.3) is 0 Å². The highest BCUT2D eigenvalue weighted by Gasteiger charge is 2.42. The van der Waals surface area contributed by atoms with Crippen LogP contribution in [0.2, 0.25) is 0 Å². The van der Waals surface area contributed by atoms with Crippen molar-refractivity contribution in [3.8, 4) is 0 Å². The van der Waals surface area contributed by atoms with Crippen LogP contribution in [0, 0.1) is 17.8 Å². The van der Waals surface area contributed by atoms with Crippen molar-refractivity contribution in [3.63, 3.8) is 0 Å². The first-order valence-electron chi connectivity index (χ1n) is 9.84. The third-order valence-electron chi connectivity index (χ3n) is 6.59. The predicted octanol–water partition coefficient (Wildman–Crippen LogP) is 1.97. The molecular formula is C20H30N4O. The highest BCUT2D eigenvalue weighted by molar-refractivity contribution is 5.78. The fraction of sp³-hybridized carbons (Fsp3) is 0.700. The summed E-state index contributed by atoms with van der Waals surface area (Å²) in [4.78, 5) is 19.2. The summed E-state index contributed by atoms with van der Waals surface area (Å²) in [5.41, 5.74) is 1.18. The molecule has 25 heavy (non-hydrogen) atoms. The van der Waals surface area contributed by atoms with Gasteiger partial charge in [0.25, 0.3) is 0 Å². The molecule has 1 aromatic heterocycles. The Kier molecular flexibility index (Phi) is 5.04. The molecule has 4 rings (SSSR count). The van der Waals surface area contributed by atoms with E-state index in [1.54, 1.807) is 6.20 Å². The van der Waals surface area contributed by atoms with Crippen LogP contribution in [-0.4, -0.2) is 48.0 Å². The lowest BCUT2D eigenvalue weighted by Gasteiger charge is -2.36. The smallest absolute Gasteiger partial charge is 0.234 e. The molecule has 2 aliphatic carbocycles. The van der Waals surface area contributed by atoms with Crippen LogP contribution in [0.3, 0.4) is 0 Å². The van der Waals surface area contributed by atoms with E-state index < -0.39 is 0 Å². The summed E-state index contributed by atoms with van der Waals surface area (Å²) in [6.07, 6.45) is 9.21. The molecule has 2 bridgehead atoms. The molecule has 2 saturated carbocycles. The Morgan fingerprint density at radius 2 is 2.36 bits per heavy atom. The monoisotopic (exact) mass is 342 g/mol. The van der Waals surface area contributed by atoms with Crippen molar-refractivity contribution in [2.75, 3.05) is 26.2 Å². The maximum atomic E-state index is 12.7. The summed E-state index contributed by atoms with van der Waals surface area (Å²) in [5, 5.41) is 6.75. The molecule has 1 aliphatic heterocycles. The van der Waals surface area contributed by atoms with Crippen molar-refractivity contribution in [2.45, 2.75) is 44.7 Å². The number of nitrogens with one attached hydrogen (secondary N) is 2. The standard InChI is InChI=1S/C20H30N4O/c1-14(18-10-15-4-5-16(18)9-15)23-20(25)13-24-8-7-22-12-19(24)17-3-2-6-21-11-17/h2-3,6,11,14-16,18-19,22H,4-5,7-10,12-13H2,1H3,(H,23,25). The van der Waals surface area contributed by atoms with Gasteiger partial charge in [0.2, 0.25) is 5.91 Å². The molecule has 3 aliphatic rings. The zero-order chi connectivity index (χ0) is 17.2. The molecular weight excluding hydrogens is 312 g/mol. The molecule has 1 saturated heterocycles. The molecule has 2 N–H and O–H groups in total. The number of hydrogen-bond acceptors (Lipinski definition) is 4. The van der Waals surface area contributed by atoms with Crippen LogP contribution in [0.1, 0.15) is 44.2 Å². The number of carbonyl (C=O) groups excluding carboxylic acids is 1. The molecule has 3 fully saturated rings. The van der Waals surface area contributed by atoms with Gasteiger partial charge in [0, 0.05) is 44.1 Å². The third kappa shape index (κ3) is 3.72. The number of carbonyl (C=O) groups is 1. The Hall–Kier alpha value is -1.46. The Morgan fingerprint density at radius 3 is 3.08 bits per heavy atom. The Labute approximate surface area is 150 Å². The van der Waals surface area contributed by atoms with Gasteiger partial charge in [-0.15, -0.1) is 0 Å². The molecule has 1 amide bonds. The number of piperazine rings is 1. The molecule has 2 heterocycles. The van der Waals surface area contributed by atoms with Gasteiger partial charge in [0.05, 0.1) is 6.54 Å². The number of aromatic nitrogens is 1. The molecule has 136 valence electrons. The SMILES string of the molecule is CC(NC(=O)CN1CCNCC1c1cccnc1)C1CC2CCC1C2. The van der Waals surface area contributed by atoms with Gasteiger partial charge in [-0.1, -0.05) is 12.5 Å². The van der Waals surface area contributed by atoms with Crippen LogP contribution in [0.4, 0.5) is 0 Å². The van der Waals surface area contributed by atoms with Gasteiger partial charge in [-0.2, -0.15) is 0 Å². The van der Waals surface area contributed by atoms with E-state index in [2.05, 4.69) is 33.5 Å². The predicted molar refractivity (Wildman–Crippen MR) is 98.0 cm³/mol. The van der Waals surface area contributed by atoms with Crippen molar-refractivity contribution in [1.82, 2.24) is 20.5 Å². The van der Waals surface area contributed by atoms with Crippen molar-refractivity contribution >= 4 is 5.91 Å². The van der Waals surface area contributed by atoms with Crippen LogP contribution in [0.5, 0.6) is 0 Å². The molecule has 0 radical (unpaired) electrons. The normalized spacial score (nSPS) is 33.3. The van der Waals surface area contributed by atoms with Gasteiger partial charge in [-0.05, 0) is 55.6 Å². The topological polar surface area (TPSA) is 57.3 Å². The van der Waals surface area contributed by atoms with Crippen LogP contribution in [-0.2, 0) is 4.79 Å². The number of pyridine rings is 1. The maximum Gasteiger partial charge on any atom is 0.234 e.